The van der Waals surface area contributed by atoms with Gasteiger partial charge in [0.05, 0.1) is 13.1 Å². The van der Waals surface area contributed by atoms with Crippen molar-refractivity contribution in [2.45, 2.75) is 50.7 Å². The van der Waals surface area contributed by atoms with Gasteiger partial charge in [-0.1, -0.05) is 30.6 Å². The molecule has 0 atom stereocenters. The van der Waals surface area contributed by atoms with E-state index in [2.05, 4.69) is 20.6 Å². The summed E-state index contributed by atoms with van der Waals surface area (Å²) in [4.78, 5) is 0.652. The highest BCUT2D eigenvalue weighted by atomic mass is 32.1. The molecule has 1 aliphatic carbocycles. The van der Waals surface area contributed by atoms with E-state index in [0.29, 0.717) is 15.9 Å². The first kappa shape index (κ1) is 14.7. The molecule has 116 valence electrons. The second-order valence-electron chi connectivity index (χ2n) is 5.30. The van der Waals surface area contributed by atoms with Crippen LogP contribution in [0.15, 0.2) is 0 Å². The third kappa shape index (κ3) is 3.52. The second kappa shape index (κ2) is 5.88. The van der Waals surface area contributed by atoms with Gasteiger partial charge in [0.2, 0.25) is 4.96 Å². The predicted octanol–water partition coefficient (Wildman–Crippen LogP) is 2.89. The van der Waals surface area contributed by atoms with Crippen LogP contribution in [-0.4, -0.2) is 32.5 Å². The SMILES string of the molecule is FC(F)(F)CNCc1nn2c(C3CCCCC3)nnc2s1. The molecule has 9 heteroatoms. The van der Waals surface area contributed by atoms with Gasteiger partial charge in [-0.2, -0.15) is 22.8 Å². The summed E-state index contributed by atoms with van der Waals surface area (Å²) in [5.74, 6) is 1.22. The van der Waals surface area contributed by atoms with Crippen molar-refractivity contribution in [1.82, 2.24) is 25.1 Å². The topological polar surface area (TPSA) is 55.1 Å². The fourth-order valence-electron chi connectivity index (χ4n) is 2.67. The summed E-state index contributed by atoms with van der Waals surface area (Å²) >= 11 is 1.28. The maximum atomic E-state index is 12.1. The number of alkyl halides is 3. The Kier molecular flexibility index (Phi) is 4.12. The number of nitrogens with one attached hydrogen (secondary N) is 1. The Morgan fingerprint density at radius 2 is 1.95 bits per heavy atom. The van der Waals surface area contributed by atoms with Crippen LogP contribution < -0.4 is 5.32 Å². The second-order valence-corrected chi connectivity index (χ2v) is 6.34. The highest BCUT2D eigenvalue weighted by molar-refractivity contribution is 7.16. The van der Waals surface area contributed by atoms with E-state index in [1.54, 1.807) is 4.52 Å². The van der Waals surface area contributed by atoms with E-state index < -0.39 is 12.7 Å². The monoisotopic (exact) mass is 319 g/mol. The molecule has 21 heavy (non-hydrogen) atoms. The first-order chi connectivity index (χ1) is 10.0. The van der Waals surface area contributed by atoms with Gasteiger partial charge in [-0.15, -0.1) is 10.2 Å². The van der Waals surface area contributed by atoms with Gasteiger partial charge in [0.25, 0.3) is 0 Å². The predicted molar refractivity (Wildman–Crippen MR) is 72.2 cm³/mol. The van der Waals surface area contributed by atoms with Crippen molar-refractivity contribution in [3.05, 3.63) is 10.8 Å². The molecule has 1 saturated carbocycles. The number of hydrogen-bond acceptors (Lipinski definition) is 5. The average molecular weight is 319 g/mol. The molecule has 2 heterocycles. The Morgan fingerprint density at radius 1 is 1.19 bits per heavy atom. The van der Waals surface area contributed by atoms with Crippen LogP contribution in [-0.2, 0) is 6.54 Å². The third-order valence-corrected chi connectivity index (χ3v) is 4.53. The summed E-state index contributed by atoms with van der Waals surface area (Å²) in [6.07, 6.45) is 1.59. The molecule has 0 aromatic carbocycles. The standard InChI is InChI=1S/C12H16F3N5S/c13-12(14,15)7-16-6-9-19-20-10(17-18-11(20)21-9)8-4-2-1-3-5-8/h8,16H,1-7H2. The normalized spacial score (nSPS) is 17.7. The lowest BCUT2D eigenvalue weighted by Crippen LogP contribution is -2.28. The number of hydrogen-bond donors (Lipinski definition) is 1. The molecule has 0 aliphatic heterocycles. The van der Waals surface area contributed by atoms with Crippen LogP contribution in [0, 0.1) is 0 Å². The van der Waals surface area contributed by atoms with Crippen molar-refractivity contribution in [3.63, 3.8) is 0 Å². The average Bonchev–Trinajstić information content (AvgIpc) is 2.98. The molecule has 0 spiro atoms. The van der Waals surface area contributed by atoms with Gasteiger partial charge < -0.3 is 5.32 Å². The third-order valence-electron chi connectivity index (χ3n) is 3.63. The summed E-state index contributed by atoms with van der Waals surface area (Å²) in [5.41, 5.74) is 0. The van der Waals surface area contributed by atoms with Crippen LogP contribution in [0.4, 0.5) is 13.2 Å². The Bertz CT molecular complexity index is 600. The van der Waals surface area contributed by atoms with Crippen molar-refractivity contribution in [2.75, 3.05) is 6.54 Å². The van der Waals surface area contributed by atoms with Gasteiger partial charge in [0, 0.05) is 5.92 Å². The molecule has 0 bridgehead atoms. The van der Waals surface area contributed by atoms with Gasteiger partial charge in [0.15, 0.2) is 5.82 Å². The first-order valence-corrected chi connectivity index (χ1v) is 7.83. The molecular weight excluding hydrogens is 303 g/mol. The number of rotatable bonds is 4. The summed E-state index contributed by atoms with van der Waals surface area (Å²) in [7, 11) is 0. The van der Waals surface area contributed by atoms with Crippen LogP contribution in [0.2, 0.25) is 0 Å². The summed E-state index contributed by atoms with van der Waals surface area (Å²) < 4.78 is 38.0. The number of nitrogens with zero attached hydrogens (tertiary/aromatic N) is 4. The summed E-state index contributed by atoms with van der Waals surface area (Å²) in [6.45, 7) is -0.916. The molecule has 0 radical (unpaired) electrons. The van der Waals surface area contributed by atoms with Crippen molar-refractivity contribution in [3.8, 4) is 0 Å². The quantitative estimate of drug-likeness (QED) is 0.941. The van der Waals surface area contributed by atoms with Gasteiger partial charge in [-0.25, -0.2) is 0 Å². The van der Waals surface area contributed by atoms with Crippen molar-refractivity contribution in [1.29, 1.82) is 0 Å². The molecule has 0 unspecified atom stereocenters. The molecule has 0 amide bonds. The smallest absolute Gasteiger partial charge is 0.302 e. The zero-order chi connectivity index (χ0) is 14.9. The van der Waals surface area contributed by atoms with Gasteiger partial charge >= 0.3 is 6.18 Å². The summed E-state index contributed by atoms with van der Waals surface area (Å²) in [6, 6.07) is 0. The van der Waals surface area contributed by atoms with E-state index in [-0.39, 0.29) is 6.54 Å². The number of fused-ring (bicyclic) bond motifs is 1. The molecular formula is C12H16F3N5S. The van der Waals surface area contributed by atoms with Gasteiger partial charge in [0.1, 0.15) is 5.01 Å². The van der Waals surface area contributed by atoms with Crippen molar-refractivity contribution in [2.24, 2.45) is 0 Å². The highest BCUT2D eigenvalue weighted by Crippen LogP contribution is 2.32. The number of aromatic nitrogens is 4. The minimum absolute atomic E-state index is 0.0949. The molecule has 1 N–H and O–H groups in total. The Labute approximate surface area is 123 Å². The van der Waals surface area contributed by atoms with Crippen LogP contribution in [0.1, 0.15) is 48.9 Å². The molecule has 1 fully saturated rings. The lowest BCUT2D eigenvalue weighted by molar-refractivity contribution is -0.125. The van der Waals surface area contributed by atoms with E-state index in [0.717, 1.165) is 18.7 Å². The maximum absolute atomic E-state index is 12.1. The van der Waals surface area contributed by atoms with E-state index in [9.17, 15) is 13.2 Å². The van der Waals surface area contributed by atoms with Crippen LogP contribution in [0.5, 0.6) is 0 Å². The summed E-state index contributed by atoms with van der Waals surface area (Å²) in [5, 5.41) is 15.6. The van der Waals surface area contributed by atoms with Crippen molar-refractivity contribution >= 4 is 16.3 Å². The molecule has 3 rings (SSSR count). The molecule has 2 aromatic rings. The minimum Gasteiger partial charge on any atom is -0.302 e. The molecule has 5 nitrogen and oxygen atoms in total. The fraction of sp³-hybridized carbons (Fsp3) is 0.750. The van der Waals surface area contributed by atoms with Gasteiger partial charge in [-0.3, -0.25) is 0 Å². The highest BCUT2D eigenvalue weighted by Gasteiger charge is 2.27. The zero-order valence-electron chi connectivity index (χ0n) is 11.4. The van der Waals surface area contributed by atoms with Crippen LogP contribution in [0.25, 0.3) is 4.96 Å². The molecule has 1 aliphatic rings. The maximum Gasteiger partial charge on any atom is 0.401 e. The zero-order valence-corrected chi connectivity index (χ0v) is 12.2. The van der Waals surface area contributed by atoms with Crippen LogP contribution in [0.3, 0.4) is 0 Å². The Balaban J connectivity index is 1.70. The minimum atomic E-state index is -4.20. The Morgan fingerprint density at radius 3 is 2.67 bits per heavy atom. The lowest BCUT2D eigenvalue weighted by atomic mass is 9.89. The molecule has 0 saturated heterocycles. The molecule has 2 aromatic heterocycles. The van der Waals surface area contributed by atoms with Crippen molar-refractivity contribution < 1.29 is 13.2 Å². The Hall–Kier alpha value is -1.22. The lowest BCUT2D eigenvalue weighted by Gasteiger charge is -2.18. The van der Waals surface area contributed by atoms with Gasteiger partial charge in [-0.05, 0) is 12.8 Å². The largest absolute Gasteiger partial charge is 0.401 e. The number of halogens is 3. The van der Waals surface area contributed by atoms with E-state index >= 15 is 0 Å². The van der Waals surface area contributed by atoms with E-state index in [1.165, 1.54) is 30.6 Å². The fourth-order valence-corrected chi connectivity index (χ4v) is 3.48. The van der Waals surface area contributed by atoms with E-state index in [4.69, 9.17) is 0 Å². The first-order valence-electron chi connectivity index (χ1n) is 7.01. The van der Waals surface area contributed by atoms with E-state index in [1.807, 2.05) is 0 Å². The van der Waals surface area contributed by atoms with Crippen LogP contribution >= 0.6 is 11.3 Å².